The van der Waals surface area contributed by atoms with E-state index in [9.17, 15) is 24.6 Å². The molecule has 0 saturated carbocycles. The van der Waals surface area contributed by atoms with Crippen molar-refractivity contribution in [3.63, 3.8) is 0 Å². The Kier molecular flexibility index (Phi) is 7.69. The molecule has 0 amide bonds. The molecule has 0 aliphatic rings. The first kappa shape index (κ1) is 17.3. The fourth-order valence-corrected chi connectivity index (χ4v) is 1.19. The summed E-state index contributed by atoms with van der Waals surface area (Å²) in [6.07, 6.45) is -5.03. The van der Waals surface area contributed by atoms with Crippen molar-refractivity contribution in [2.24, 2.45) is 0 Å². The van der Waals surface area contributed by atoms with Crippen LogP contribution in [0.4, 0.5) is 0 Å². The number of aliphatic hydroxyl groups is 2. The highest BCUT2D eigenvalue weighted by Crippen LogP contribution is 2.08. The first-order chi connectivity index (χ1) is 8.79. The van der Waals surface area contributed by atoms with Crippen LogP contribution in [0.15, 0.2) is 0 Å². The van der Waals surface area contributed by atoms with E-state index in [0.29, 0.717) is 0 Å². The van der Waals surface area contributed by atoms with Crippen molar-refractivity contribution >= 4 is 17.9 Å². The van der Waals surface area contributed by atoms with Gasteiger partial charge in [0.05, 0.1) is 6.61 Å². The second kappa shape index (κ2) is 8.44. The summed E-state index contributed by atoms with van der Waals surface area (Å²) in [5, 5.41) is 19.2. The van der Waals surface area contributed by atoms with E-state index in [2.05, 4.69) is 14.2 Å². The zero-order valence-electron chi connectivity index (χ0n) is 11.0. The molecule has 0 unspecified atom stereocenters. The van der Waals surface area contributed by atoms with Crippen molar-refractivity contribution < 1.29 is 38.8 Å². The summed E-state index contributed by atoms with van der Waals surface area (Å²) in [6.45, 7) is 3.26. The van der Waals surface area contributed by atoms with E-state index in [-0.39, 0.29) is 6.61 Å². The van der Waals surface area contributed by atoms with Crippen LogP contribution >= 0.6 is 0 Å². The van der Waals surface area contributed by atoms with E-state index in [1.54, 1.807) is 0 Å². The molecule has 0 fully saturated rings. The van der Waals surface area contributed by atoms with Gasteiger partial charge in [-0.15, -0.1) is 0 Å². The Morgan fingerprint density at radius 1 is 1.05 bits per heavy atom. The van der Waals surface area contributed by atoms with Crippen LogP contribution in [0.3, 0.4) is 0 Å². The van der Waals surface area contributed by atoms with Crippen molar-refractivity contribution in [2.45, 2.75) is 39.1 Å². The Morgan fingerprint density at radius 3 is 2.05 bits per heavy atom. The van der Waals surface area contributed by atoms with Gasteiger partial charge in [-0.05, 0) is 6.92 Å². The molecular formula is C11H18O8. The Balaban J connectivity index is 4.67. The summed E-state index contributed by atoms with van der Waals surface area (Å²) in [4.78, 5) is 32.7. The van der Waals surface area contributed by atoms with Crippen LogP contribution in [0.2, 0.25) is 0 Å². The average Bonchev–Trinajstić information content (AvgIpc) is 2.32. The van der Waals surface area contributed by atoms with E-state index >= 15 is 0 Å². The van der Waals surface area contributed by atoms with Crippen LogP contribution < -0.4 is 0 Å². The Hall–Kier alpha value is -1.67. The molecule has 8 nitrogen and oxygen atoms in total. The van der Waals surface area contributed by atoms with Crippen LogP contribution in [0.1, 0.15) is 20.8 Å². The Morgan fingerprint density at radius 2 is 1.63 bits per heavy atom. The standard InChI is InChI=1S/C11H18O8/c1-4-17-11(16)10(15)9(14)8(19-7(3)13)5-18-6(2)12/h8-10,14-15H,4-5H2,1-3H3/t8-,9-,10+/m1/s1. The van der Waals surface area contributed by atoms with Gasteiger partial charge in [0.15, 0.2) is 12.2 Å². The topological polar surface area (TPSA) is 119 Å². The zero-order chi connectivity index (χ0) is 15.0. The number of esters is 3. The van der Waals surface area contributed by atoms with Gasteiger partial charge < -0.3 is 24.4 Å². The second-order valence-electron chi connectivity index (χ2n) is 3.64. The van der Waals surface area contributed by atoms with Crippen LogP contribution in [0, 0.1) is 0 Å². The predicted molar refractivity (Wildman–Crippen MR) is 60.8 cm³/mol. The minimum Gasteiger partial charge on any atom is -0.464 e. The summed E-state index contributed by atoms with van der Waals surface area (Å²) >= 11 is 0. The molecule has 0 bridgehead atoms. The maximum atomic E-state index is 11.2. The molecular weight excluding hydrogens is 260 g/mol. The van der Waals surface area contributed by atoms with Gasteiger partial charge in [-0.3, -0.25) is 9.59 Å². The summed E-state index contributed by atoms with van der Waals surface area (Å²) < 4.78 is 13.8. The molecule has 2 N–H and O–H groups in total. The number of ether oxygens (including phenoxy) is 3. The van der Waals surface area contributed by atoms with E-state index in [1.165, 1.54) is 6.92 Å². The molecule has 0 spiro atoms. The Labute approximate surface area is 110 Å². The van der Waals surface area contributed by atoms with Crippen molar-refractivity contribution in [1.29, 1.82) is 0 Å². The molecule has 0 aromatic carbocycles. The van der Waals surface area contributed by atoms with Gasteiger partial charge in [0.1, 0.15) is 12.7 Å². The highest BCUT2D eigenvalue weighted by atomic mass is 16.6. The van der Waals surface area contributed by atoms with E-state index in [0.717, 1.165) is 13.8 Å². The number of carbonyl (C=O) groups is 3. The maximum absolute atomic E-state index is 11.2. The molecule has 0 saturated heterocycles. The van der Waals surface area contributed by atoms with Gasteiger partial charge >= 0.3 is 17.9 Å². The smallest absolute Gasteiger partial charge is 0.337 e. The number of rotatable bonds is 7. The molecule has 8 heteroatoms. The van der Waals surface area contributed by atoms with Crippen LogP contribution in [-0.4, -0.2) is 59.6 Å². The highest BCUT2D eigenvalue weighted by molar-refractivity contribution is 5.75. The minimum absolute atomic E-state index is 0.0186. The van der Waals surface area contributed by atoms with Gasteiger partial charge in [-0.2, -0.15) is 0 Å². The molecule has 3 atom stereocenters. The third-order valence-electron chi connectivity index (χ3n) is 2.00. The number of aliphatic hydroxyl groups excluding tert-OH is 2. The van der Waals surface area contributed by atoms with Gasteiger partial charge in [0, 0.05) is 13.8 Å². The number of carbonyl (C=O) groups excluding carboxylic acids is 3. The molecule has 0 heterocycles. The lowest BCUT2D eigenvalue weighted by Crippen LogP contribution is -2.47. The normalized spacial score (nSPS) is 15.0. The average molecular weight is 278 g/mol. The predicted octanol–water partition coefficient (Wildman–Crippen LogP) is -1.23. The summed E-state index contributed by atoms with van der Waals surface area (Å²) in [5.41, 5.74) is 0. The molecule has 0 radical (unpaired) electrons. The van der Waals surface area contributed by atoms with Gasteiger partial charge in [-0.25, -0.2) is 4.79 Å². The quantitative estimate of drug-likeness (QED) is 0.438. The van der Waals surface area contributed by atoms with E-state index < -0.39 is 42.8 Å². The minimum atomic E-state index is -1.90. The first-order valence-corrected chi connectivity index (χ1v) is 5.62. The van der Waals surface area contributed by atoms with Crippen LogP contribution in [-0.2, 0) is 28.6 Å². The van der Waals surface area contributed by atoms with Crippen LogP contribution in [0.25, 0.3) is 0 Å². The number of hydrogen-bond acceptors (Lipinski definition) is 8. The summed E-state index contributed by atoms with van der Waals surface area (Å²) in [5.74, 6) is -2.47. The van der Waals surface area contributed by atoms with Crippen molar-refractivity contribution in [3.8, 4) is 0 Å². The van der Waals surface area contributed by atoms with E-state index in [4.69, 9.17) is 0 Å². The van der Waals surface area contributed by atoms with Crippen LogP contribution in [0.5, 0.6) is 0 Å². The molecule has 110 valence electrons. The lowest BCUT2D eigenvalue weighted by Gasteiger charge is -2.24. The zero-order valence-corrected chi connectivity index (χ0v) is 11.0. The lowest BCUT2D eigenvalue weighted by molar-refractivity contribution is -0.179. The maximum Gasteiger partial charge on any atom is 0.337 e. The van der Waals surface area contributed by atoms with Crippen molar-refractivity contribution in [3.05, 3.63) is 0 Å². The molecule has 0 rings (SSSR count). The van der Waals surface area contributed by atoms with E-state index in [1.807, 2.05) is 0 Å². The fraction of sp³-hybridized carbons (Fsp3) is 0.727. The monoisotopic (exact) mass is 278 g/mol. The fourth-order valence-electron chi connectivity index (χ4n) is 1.19. The third kappa shape index (κ3) is 6.73. The SMILES string of the molecule is CCOC(=O)[C@@H](O)[C@H](O)[C@@H](COC(C)=O)OC(C)=O. The second-order valence-corrected chi connectivity index (χ2v) is 3.64. The van der Waals surface area contributed by atoms with Crippen molar-refractivity contribution in [1.82, 2.24) is 0 Å². The summed E-state index contributed by atoms with van der Waals surface area (Å²) in [7, 11) is 0. The summed E-state index contributed by atoms with van der Waals surface area (Å²) in [6, 6.07) is 0. The van der Waals surface area contributed by atoms with Gasteiger partial charge in [0.25, 0.3) is 0 Å². The molecule has 0 aliphatic heterocycles. The molecule has 19 heavy (non-hydrogen) atoms. The van der Waals surface area contributed by atoms with Gasteiger partial charge in [-0.1, -0.05) is 0 Å². The first-order valence-electron chi connectivity index (χ1n) is 5.62. The largest absolute Gasteiger partial charge is 0.464 e. The Bertz CT molecular complexity index is 327. The molecule has 0 aromatic heterocycles. The third-order valence-corrected chi connectivity index (χ3v) is 2.00. The highest BCUT2D eigenvalue weighted by Gasteiger charge is 2.35. The van der Waals surface area contributed by atoms with Crippen molar-refractivity contribution in [2.75, 3.05) is 13.2 Å². The molecule has 0 aliphatic carbocycles. The van der Waals surface area contributed by atoms with Gasteiger partial charge in [0.2, 0.25) is 0 Å². The lowest BCUT2D eigenvalue weighted by atomic mass is 10.1. The number of hydrogen-bond donors (Lipinski definition) is 2. The molecule has 0 aromatic rings.